The lowest BCUT2D eigenvalue weighted by Crippen LogP contribution is -2.14. The molecule has 104 valence electrons. The van der Waals surface area contributed by atoms with E-state index in [-0.39, 0.29) is 24.6 Å². The number of nitrogens with zero attached hydrogens (tertiary/aromatic N) is 2. The van der Waals surface area contributed by atoms with Crippen LogP contribution in [0.15, 0.2) is 29.6 Å². The summed E-state index contributed by atoms with van der Waals surface area (Å²) in [6, 6.07) is 5.58. The van der Waals surface area contributed by atoms with E-state index >= 15 is 0 Å². The third-order valence-electron chi connectivity index (χ3n) is 2.43. The number of non-ortho nitro benzene ring substituents is 1. The van der Waals surface area contributed by atoms with Crippen molar-refractivity contribution in [3.05, 3.63) is 50.5 Å². The molecule has 1 amide bonds. The molecule has 0 fully saturated rings. The fourth-order valence-electron chi connectivity index (χ4n) is 1.51. The molecular weight excluding hydrogens is 282 g/mol. The van der Waals surface area contributed by atoms with E-state index in [1.54, 1.807) is 5.38 Å². The molecule has 0 saturated heterocycles. The summed E-state index contributed by atoms with van der Waals surface area (Å²) in [5, 5.41) is 24.3. The zero-order valence-corrected chi connectivity index (χ0v) is 11.1. The van der Waals surface area contributed by atoms with Crippen LogP contribution in [0.25, 0.3) is 0 Å². The van der Waals surface area contributed by atoms with Crippen LogP contribution in [0.2, 0.25) is 0 Å². The fraction of sp³-hybridized carbons (Fsp3) is 0.167. The first-order chi connectivity index (χ1) is 9.58. The number of hydrogen-bond acceptors (Lipinski definition) is 6. The first-order valence-corrected chi connectivity index (χ1v) is 6.55. The summed E-state index contributed by atoms with van der Waals surface area (Å²) in [4.78, 5) is 25.8. The molecule has 0 bridgehead atoms. The van der Waals surface area contributed by atoms with Gasteiger partial charge in [0.2, 0.25) is 5.91 Å². The maximum absolute atomic E-state index is 11.8. The quantitative estimate of drug-likeness (QED) is 0.645. The normalized spacial score (nSPS) is 10.2. The highest BCUT2D eigenvalue weighted by atomic mass is 32.1. The van der Waals surface area contributed by atoms with Crippen LogP contribution in [0.1, 0.15) is 10.7 Å². The lowest BCUT2D eigenvalue weighted by molar-refractivity contribution is -0.384. The molecule has 2 rings (SSSR count). The van der Waals surface area contributed by atoms with Crippen molar-refractivity contribution < 1.29 is 14.8 Å². The molecule has 2 N–H and O–H groups in total. The number of hydrogen-bond donors (Lipinski definition) is 2. The molecule has 7 nitrogen and oxygen atoms in total. The zero-order valence-electron chi connectivity index (χ0n) is 10.3. The number of aliphatic hydroxyl groups is 1. The highest BCUT2D eigenvalue weighted by Crippen LogP contribution is 2.16. The van der Waals surface area contributed by atoms with Crippen molar-refractivity contribution >= 4 is 28.6 Å². The lowest BCUT2D eigenvalue weighted by atomic mass is 10.3. The van der Waals surface area contributed by atoms with E-state index < -0.39 is 4.92 Å². The Labute approximate surface area is 118 Å². The average molecular weight is 293 g/mol. The Kier molecular flexibility index (Phi) is 4.38. The van der Waals surface area contributed by atoms with Crippen LogP contribution in [0, 0.1) is 10.1 Å². The Balaban J connectivity index is 1.95. The molecule has 0 radical (unpaired) electrons. The molecule has 1 aromatic heterocycles. The van der Waals surface area contributed by atoms with Gasteiger partial charge >= 0.3 is 0 Å². The van der Waals surface area contributed by atoms with Gasteiger partial charge in [0.05, 0.1) is 23.6 Å². The van der Waals surface area contributed by atoms with Gasteiger partial charge in [0.15, 0.2) is 0 Å². The first-order valence-electron chi connectivity index (χ1n) is 5.67. The number of nitro groups is 1. The van der Waals surface area contributed by atoms with Gasteiger partial charge in [-0.2, -0.15) is 0 Å². The van der Waals surface area contributed by atoms with Gasteiger partial charge in [-0.05, 0) is 12.1 Å². The monoisotopic (exact) mass is 293 g/mol. The number of nitrogens with one attached hydrogen (secondary N) is 1. The van der Waals surface area contributed by atoms with Crippen LogP contribution in [-0.2, 0) is 17.8 Å². The molecule has 0 aliphatic carbocycles. The van der Waals surface area contributed by atoms with E-state index in [0.29, 0.717) is 16.4 Å². The minimum atomic E-state index is -0.502. The summed E-state index contributed by atoms with van der Waals surface area (Å²) in [7, 11) is 0. The van der Waals surface area contributed by atoms with Crippen molar-refractivity contribution in [2.24, 2.45) is 0 Å². The molecule has 20 heavy (non-hydrogen) atoms. The predicted octanol–water partition coefficient (Wildman–Crippen LogP) is 1.72. The summed E-state index contributed by atoms with van der Waals surface area (Å²) in [6.45, 7) is -0.152. The molecule has 8 heteroatoms. The topological polar surface area (TPSA) is 105 Å². The van der Waals surface area contributed by atoms with Crippen LogP contribution in [-0.4, -0.2) is 20.9 Å². The maximum Gasteiger partial charge on any atom is 0.269 e. The number of amides is 1. The summed E-state index contributed by atoms with van der Waals surface area (Å²) in [5.41, 5.74) is 0.989. The molecule has 1 aromatic carbocycles. The Morgan fingerprint density at radius 2 is 2.10 bits per heavy atom. The van der Waals surface area contributed by atoms with E-state index in [1.807, 2.05) is 0 Å². The minimum Gasteiger partial charge on any atom is -0.390 e. The highest BCUT2D eigenvalue weighted by molar-refractivity contribution is 7.09. The van der Waals surface area contributed by atoms with E-state index in [2.05, 4.69) is 10.3 Å². The Morgan fingerprint density at radius 1 is 1.40 bits per heavy atom. The molecule has 0 aliphatic rings. The van der Waals surface area contributed by atoms with Gasteiger partial charge < -0.3 is 10.4 Å². The fourth-order valence-corrected chi connectivity index (χ4v) is 2.30. The summed E-state index contributed by atoms with van der Waals surface area (Å²) >= 11 is 1.30. The number of aliphatic hydroxyl groups excluding tert-OH is 1. The predicted molar refractivity (Wildman–Crippen MR) is 73.5 cm³/mol. The van der Waals surface area contributed by atoms with Crippen molar-refractivity contribution in [2.75, 3.05) is 5.32 Å². The van der Waals surface area contributed by atoms with Gasteiger partial charge in [0.25, 0.3) is 5.69 Å². The molecule has 0 aliphatic heterocycles. The maximum atomic E-state index is 11.8. The van der Waals surface area contributed by atoms with Gasteiger partial charge in [-0.3, -0.25) is 14.9 Å². The minimum absolute atomic E-state index is 0.0319. The third-order valence-corrected chi connectivity index (χ3v) is 3.33. The molecule has 0 atom stereocenters. The first kappa shape index (κ1) is 14.1. The standard InChI is InChI=1S/C12H11N3O4S/c16-6-9-7-20-12(14-9)5-11(17)13-8-1-3-10(4-2-8)15(18)19/h1-4,7,16H,5-6H2,(H,13,17). The smallest absolute Gasteiger partial charge is 0.269 e. The van der Waals surface area contributed by atoms with Crippen LogP contribution in [0.3, 0.4) is 0 Å². The average Bonchev–Trinajstić information content (AvgIpc) is 2.86. The Morgan fingerprint density at radius 3 is 2.65 bits per heavy atom. The molecular formula is C12H11N3O4S. The number of nitro benzene ring substituents is 1. The SMILES string of the molecule is O=C(Cc1nc(CO)cs1)Nc1ccc([N+](=O)[O-])cc1. The number of carbonyl (C=O) groups excluding carboxylic acids is 1. The van der Waals surface area contributed by atoms with Crippen molar-refractivity contribution in [1.82, 2.24) is 4.98 Å². The van der Waals surface area contributed by atoms with Crippen molar-refractivity contribution in [2.45, 2.75) is 13.0 Å². The second-order valence-corrected chi connectivity index (χ2v) is 4.86. The summed E-state index contributed by atoms with van der Waals surface area (Å²) in [6.07, 6.45) is 0.0989. The second kappa shape index (κ2) is 6.22. The van der Waals surface area contributed by atoms with Gasteiger partial charge in [-0.25, -0.2) is 4.98 Å². The molecule has 0 saturated carbocycles. The van der Waals surface area contributed by atoms with Crippen molar-refractivity contribution in [3.63, 3.8) is 0 Å². The number of aromatic nitrogens is 1. The molecule has 0 spiro atoms. The highest BCUT2D eigenvalue weighted by Gasteiger charge is 2.09. The third kappa shape index (κ3) is 3.59. The van der Waals surface area contributed by atoms with E-state index in [9.17, 15) is 14.9 Å². The largest absolute Gasteiger partial charge is 0.390 e. The Hall–Kier alpha value is -2.32. The van der Waals surface area contributed by atoms with Gasteiger partial charge in [0.1, 0.15) is 5.01 Å². The van der Waals surface area contributed by atoms with Crippen LogP contribution in [0.5, 0.6) is 0 Å². The van der Waals surface area contributed by atoms with E-state index in [0.717, 1.165) is 0 Å². The Bertz CT molecular complexity index is 624. The zero-order chi connectivity index (χ0) is 14.5. The molecule has 1 heterocycles. The summed E-state index contributed by atoms with van der Waals surface area (Å²) in [5.74, 6) is -0.266. The van der Waals surface area contributed by atoms with E-state index in [1.165, 1.54) is 35.6 Å². The van der Waals surface area contributed by atoms with Crippen LogP contribution >= 0.6 is 11.3 Å². The van der Waals surface area contributed by atoms with Gasteiger partial charge in [-0.15, -0.1) is 11.3 Å². The number of rotatable bonds is 5. The van der Waals surface area contributed by atoms with E-state index in [4.69, 9.17) is 5.11 Å². The lowest BCUT2D eigenvalue weighted by Gasteiger charge is -2.03. The van der Waals surface area contributed by atoms with Crippen molar-refractivity contribution in [1.29, 1.82) is 0 Å². The number of anilines is 1. The summed E-state index contributed by atoms with van der Waals surface area (Å²) < 4.78 is 0. The second-order valence-electron chi connectivity index (χ2n) is 3.92. The van der Waals surface area contributed by atoms with Crippen LogP contribution < -0.4 is 5.32 Å². The molecule has 2 aromatic rings. The molecule has 0 unspecified atom stereocenters. The van der Waals surface area contributed by atoms with Gasteiger partial charge in [-0.1, -0.05) is 0 Å². The van der Waals surface area contributed by atoms with Gasteiger partial charge in [0, 0.05) is 23.2 Å². The number of carbonyl (C=O) groups is 1. The van der Waals surface area contributed by atoms with Crippen molar-refractivity contribution in [3.8, 4) is 0 Å². The van der Waals surface area contributed by atoms with Crippen LogP contribution in [0.4, 0.5) is 11.4 Å². The number of benzene rings is 1. The number of thiazole rings is 1.